The quantitative estimate of drug-likeness (QED) is 0.197. The van der Waals surface area contributed by atoms with Crippen LogP contribution in [0.3, 0.4) is 0 Å². The van der Waals surface area contributed by atoms with Crippen LogP contribution in [0.15, 0.2) is 0 Å². The van der Waals surface area contributed by atoms with Crippen molar-refractivity contribution in [3.05, 3.63) is 0 Å². The summed E-state index contributed by atoms with van der Waals surface area (Å²) in [6.07, 6.45) is 2.28. The maximum Gasteiger partial charge on any atom is 0.407 e. The Bertz CT molecular complexity index is 1100. The molecule has 1 aliphatic heterocycles. The molecule has 13 heteroatoms. The molecule has 0 aromatic carbocycles. The lowest BCUT2D eigenvalue weighted by Gasteiger charge is -2.59. The summed E-state index contributed by atoms with van der Waals surface area (Å²) in [6, 6.07) is -2.85. The standard InChI is InChI=1S/C25H41N3O9S/c1-14(2)5-18(21(30)27-19(22(31)38(34,35)36)7-17-3-4-26-20(17)29)28-23(32)37-13-24-8-15-6-16(9-24)11-25(33,10-15)12-24/h14-19,22,31,33H,3-13H2,1-2H3,(H,26,29)(H,27,30)(H,28,32)(H,34,35,36)/t15-,16+,17-,18-,19-,22?,24?,25?/m0/s1/i13D2. The molecule has 12 nitrogen and oxygen atoms in total. The van der Waals surface area contributed by atoms with Crippen molar-refractivity contribution in [2.24, 2.45) is 29.1 Å². The number of hydrogen-bond donors (Lipinski definition) is 6. The van der Waals surface area contributed by atoms with Crippen molar-refractivity contribution in [3.63, 3.8) is 0 Å². The number of carbonyl (C=O) groups is 3. The van der Waals surface area contributed by atoms with Gasteiger partial charge < -0.3 is 30.9 Å². The second kappa shape index (κ2) is 10.9. The van der Waals surface area contributed by atoms with Gasteiger partial charge in [-0.25, -0.2) is 4.79 Å². The molecule has 4 aliphatic carbocycles. The van der Waals surface area contributed by atoms with Gasteiger partial charge >= 0.3 is 6.09 Å². The zero-order valence-corrected chi connectivity index (χ0v) is 22.6. The molecule has 5 fully saturated rings. The summed E-state index contributed by atoms with van der Waals surface area (Å²) >= 11 is 0. The molecule has 1 saturated heterocycles. The van der Waals surface area contributed by atoms with Crippen LogP contribution >= 0.6 is 0 Å². The first-order valence-electron chi connectivity index (χ1n) is 14.4. The fourth-order valence-corrected chi connectivity index (χ4v) is 7.87. The molecule has 5 rings (SSSR count). The Morgan fingerprint density at radius 2 is 1.87 bits per heavy atom. The summed E-state index contributed by atoms with van der Waals surface area (Å²) in [5, 5.41) is 28.6. The molecule has 0 radical (unpaired) electrons. The summed E-state index contributed by atoms with van der Waals surface area (Å²) in [4.78, 5) is 38.3. The SMILES string of the molecule is [2H]C([2H])(OC(=O)N[C@@H](CC(C)C)C(=O)N[C@@H](C[C@@H]1CCNC1=O)C(O)S(=O)(=O)O)C12C[C@@H]3C[C@@H](CC(O)(C3)C1)C2. The highest BCUT2D eigenvalue weighted by atomic mass is 32.2. The highest BCUT2D eigenvalue weighted by Crippen LogP contribution is 2.61. The van der Waals surface area contributed by atoms with Crippen molar-refractivity contribution in [1.29, 1.82) is 0 Å². The molecule has 4 bridgehead atoms. The Morgan fingerprint density at radius 3 is 2.39 bits per heavy atom. The van der Waals surface area contributed by atoms with E-state index in [1.165, 1.54) is 0 Å². The van der Waals surface area contributed by atoms with Crippen LogP contribution < -0.4 is 16.0 Å². The zero-order chi connectivity index (χ0) is 29.7. The van der Waals surface area contributed by atoms with Gasteiger partial charge in [-0.15, -0.1) is 0 Å². The lowest BCUT2D eigenvalue weighted by atomic mass is 9.48. The van der Waals surface area contributed by atoms with Gasteiger partial charge in [0.2, 0.25) is 17.3 Å². The summed E-state index contributed by atoms with van der Waals surface area (Å²) < 4.78 is 55.5. The van der Waals surface area contributed by atoms with Gasteiger partial charge in [0.15, 0.2) is 0 Å². The Hall–Kier alpha value is -1.96. The number of ether oxygens (including phenoxy) is 1. The molecule has 0 spiro atoms. The topological polar surface area (TPSA) is 191 Å². The van der Waals surface area contributed by atoms with Crippen LogP contribution in [0.25, 0.3) is 0 Å². The van der Waals surface area contributed by atoms with E-state index in [4.69, 9.17) is 7.48 Å². The second-order valence-electron chi connectivity index (χ2n) is 12.3. The van der Waals surface area contributed by atoms with Gasteiger partial charge in [-0.2, -0.15) is 8.42 Å². The van der Waals surface area contributed by atoms with Crippen LogP contribution in [0.1, 0.15) is 74.4 Å². The molecule has 0 aromatic heterocycles. The molecule has 3 unspecified atom stereocenters. The molecule has 6 N–H and O–H groups in total. The second-order valence-corrected chi connectivity index (χ2v) is 13.8. The van der Waals surface area contributed by atoms with Crippen LogP contribution in [0.4, 0.5) is 4.79 Å². The predicted molar refractivity (Wildman–Crippen MR) is 135 cm³/mol. The van der Waals surface area contributed by atoms with Crippen LogP contribution in [-0.2, 0) is 24.4 Å². The lowest BCUT2D eigenvalue weighted by Crippen LogP contribution is -2.57. The molecular formula is C25H41N3O9S. The third kappa shape index (κ3) is 6.78. The number of carbonyl (C=O) groups excluding carboxylic acids is 3. The van der Waals surface area contributed by atoms with E-state index < -0.39 is 63.1 Å². The Morgan fingerprint density at radius 1 is 1.21 bits per heavy atom. The highest BCUT2D eigenvalue weighted by molar-refractivity contribution is 7.86. The molecule has 38 heavy (non-hydrogen) atoms. The van der Waals surface area contributed by atoms with E-state index in [-0.39, 0.29) is 42.9 Å². The fourth-order valence-electron chi connectivity index (χ4n) is 7.28. The minimum Gasteiger partial charge on any atom is -0.449 e. The molecule has 0 aromatic rings. The molecule has 5 aliphatic rings. The average Bonchev–Trinajstić information content (AvgIpc) is 3.18. The van der Waals surface area contributed by atoms with Crippen LogP contribution in [0.5, 0.6) is 0 Å². The molecule has 216 valence electrons. The van der Waals surface area contributed by atoms with Crippen molar-refractivity contribution < 1.29 is 45.0 Å². The van der Waals surface area contributed by atoms with Gasteiger partial charge in [-0.3, -0.25) is 14.1 Å². The van der Waals surface area contributed by atoms with Gasteiger partial charge in [-0.1, -0.05) is 13.8 Å². The Balaban J connectivity index is 1.46. The van der Waals surface area contributed by atoms with E-state index >= 15 is 0 Å². The van der Waals surface area contributed by atoms with E-state index in [1.807, 2.05) is 0 Å². The Kier molecular flexibility index (Phi) is 7.53. The third-order valence-corrected chi connectivity index (χ3v) is 9.32. The number of alkyl carbamates (subject to hydrolysis) is 1. The minimum absolute atomic E-state index is 0.0670. The Labute approximate surface area is 226 Å². The van der Waals surface area contributed by atoms with Gasteiger partial charge in [-0.05, 0) is 75.5 Å². The first-order chi connectivity index (χ1) is 18.4. The third-order valence-electron chi connectivity index (χ3n) is 8.38. The van der Waals surface area contributed by atoms with Gasteiger partial charge in [0.25, 0.3) is 10.1 Å². The van der Waals surface area contributed by atoms with Crippen molar-refractivity contribution >= 4 is 28.0 Å². The fraction of sp³-hybridized carbons (Fsp3) is 0.880. The maximum absolute atomic E-state index is 13.2. The monoisotopic (exact) mass is 561 g/mol. The van der Waals surface area contributed by atoms with Crippen molar-refractivity contribution in [3.8, 4) is 0 Å². The largest absolute Gasteiger partial charge is 0.449 e. The molecule has 3 amide bonds. The van der Waals surface area contributed by atoms with Gasteiger partial charge in [0.1, 0.15) is 6.04 Å². The normalized spacial score (nSPS) is 35.6. The maximum atomic E-state index is 13.2. The number of aliphatic hydroxyl groups excluding tert-OH is 1. The first kappa shape index (κ1) is 26.3. The molecule has 4 saturated carbocycles. The first-order valence-corrected chi connectivity index (χ1v) is 14.9. The number of hydrogen-bond acceptors (Lipinski definition) is 8. The van der Waals surface area contributed by atoms with E-state index in [0.29, 0.717) is 38.6 Å². The van der Waals surface area contributed by atoms with E-state index in [9.17, 15) is 37.6 Å². The summed E-state index contributed by atoms with van der Waals surface area (Å²) in [5.74, 6) is -1.80. The number of rotatable bonds is 11. The predicted octanol–water partition coefficient (Wildman–Crippen LogP) is 0.676. The number of amides is 3. The lowest BCUT2D eigenvalue weighted by molar-refractivity contribution is -0.175. The van der Waals surface area contributed by atoms with Crippen molar-refractivity contribution in [2.75, 3.05) is 13.1 Å². The zero-order valence-electron chi connectivity index (χ0n) is 23.8. The highest BCUT2D eigenvalue weighted by Gasteiger charge is 2.57. The number of nitrogens with one attached hydrogen (secondary N) is 3. The minimum atomic E-state index is -5.00. The molecule has 1 heterocycles. The average molecular weight is 562 g/mol. The van der Waals surface area contributed by atoms with E-state index in [0.717, 1.165) is 6.42 Å². The smallest absolute Gasteiger partial charge is 0.407 e. The van der Waals surface area contributed by atoms with Crippen LogP contribution in [0.2, 0.25) is 0 Å². The summed E-state index contributed by atoms with van der Waals surface area (Å²) in [6.45, 7) is 1.48. The van der Waals surface area contributed by atoms with Gasteiger partial charge in [0, 0.05) is 17.9 Å². The van der Waals surface area contributed by atoms with Crippen molar-refractivity contribution in [1.82, 2.24) is 16.0 Å². The van der Waals surface area contributed by atoms with E-state index in [2.05, 4.69) is 16.0 Å². The number of aliphatic hydroxyl groups is 2. The molecule has 8 atom stereocenters. The summed E-state index contributed by atoms with van der Waals surface area (Å²) in [7, 11) is -5.00. The summed E-state index contributed by atoms with van der Waals surface area (Å²) in [5.41, 5.74) is -4.42. The molecular weight excluding hydrogens is 518 g/mol. The van der Waals surface area contributed by atoms with Crippen molar-refractivity contribution in [2.45, 2.75) is 94.8 Å². The van der Waals surface area contributed by atoms with Crippen LogP contribution in [0, 0.1) is 29.1 Å². The van der Waals surface area contributed by atoms with Gasteiger partial charge in [0.05, 0.1) is 20.9 Å². The van der Waals surface area contributed by atoms with E-state index in [1.54, 1.807) is 13.8 Å². The van der Waals surface area contributed by atoms with Crippen LogP contribution in [-0.4, -0.2) is 77.3 Å².